The third-order valence-corrected chi connectivity index (χ3v) is 3.63. The summed E-state index contributed by atoms with van der Waals surface area (Å²) >= 11 is 3.55. The molecule has 17 heavy (non-hydrogen) atoms. The Hall–Kier alpha value is -0.830. The van der Waals surface area contributed by atoms with Gasteiger partial charge in [-0.1, -0.05) is 48.0 Å². The monoisotopic (exact) mass is 297 g/mol. The van der Waals surface area contributed by atoms with E-state index in [2.05, 4.69) is 35.8 Å². The van der Waals surface area contributed by atoms with Crippen LogP contribution in [0, 0.1) is 0 Å². The molecule has 1 unspecified atom stereocenters. The SMILES string of the molecule is CCCN(C(=O)CC)C(C)c1ccccc1Br. The lowest BCUT2D eigenvalue weighted by molar-refractivity contribution is -0.133. The molecule has 0 fully saturated rings. The van der Waals surface area contributed by atoms with Gasteiger partial charge in [0, 0.05) is 17.4 Å². The largest absolute Gasteiger partial charge is 0.336 e. The van der Waals surface area contributed by atoms with E-state index < -0.39 is 0 Å². The van der Waals surface area contributed by atoms with E-state index in [0.717, 1.165) is 17.4 Å². The van der Waals surface area contributed by atoms with E-state index in [0.29, 0.717) is 6.42 Å². The molecule has 1 amide bonds. The van der Waals surface area contributed by atoms with Gasteiger partial charge in [-0.3, -0.25) is 4.79 Å². The Balaban J connectivity index is 2.95. The second kappa shape index (κ2) is 6.80. The fourth-order valence-corrected chi connectivity index (χ4v) is 2.58. The van der Waals surface area contributed by atoms with Crippen LogP contribution in [0.4, 0.5) is 0 Å². The van der Waals surface area contributed by atoms with E-state index in [4.69, 9.17) is 0 Å². The minimum absolute atomic E-state index is 0.123. The second-order valence-electron chi connectivity index (χ2n) is 4.14. The molecule has 0 saturated heterocycles. The molecule has 2 nitrogen and oxygen atoms in total. The molecule has 94 valence electrons. The Morgan fingerprint density at radius 2 is 2.00 bits per heavy atom. The molecule has 1 rings (SSSR count). The van der Waals surface area contributed by atoms with Crippen molar-refractivity contribution in [3.63, 3.8) is 0 Å². The maximum atomic E-state index is 11.9. The van der Waals surface area contributed by atoms with Crippen LogP contribution >= 0.6 is 15.9 Å². The zero-order chi connectivity index (χ0) is 12.8. The van der Waals surface area contributed by atoms with Crippen molar-refractivity contribution >= 4 is 21.8 Å². The Morgan fingerprint density at radius 3 is 2.53 bits per heavy atom. The van der Waals surface area contributed by atoms with Crippen molar-refractivity contribution in [3.8, 4) is 0 Å². The van der Waals surface area contributed by atoms with Gasteiger partial charge in [0.2, 0.25) is 5.91 Å². The highest BCUT2D eigenvalue weighted by Crippen LogP contribution is 2.27. The first-order valence-electron chi connectivity index (χ1n) is 6.15. The van der Waals surface area contributed by atoms with Crippen molar-refractivity contribution in [2.75, 3.05) is 6.54 Å². The van der Waals surface area contributed by atoms with Crippen molar-refractivity contribution < 1.29 is 4.79 Å². The van der Waals surface area contributed by atoms with E-state index in [9.17, 15) is 4.79 Å². The Morgan fingerprint density at radius 1 is 1.35 bits per heavy atom. The number of carbonyl (C=O) groups is 1. The molecular weight excluding hydrogens is 278 g/mol. The van der Waals surface area contributed by atoms with Crippen LogP contribution in [0.2, 0.25) is 0 Å². The first-order chi connectivity index (χ1) is 8.11. The third-order valence-electron chi connectivity index (χ3n) is 2.91. The van der Waals surface area contributed by atoms with Gasteiger partial charge in [-0.15, -0.1) is 0 Å². The fourth-order valence-electron chi connectivity index (χ4n) is 1.96. The summed E-state index contributed by atoms with van der Waals surface area (Å²) < 4.78 is 1.07. The van der Waals surface area contributed by atoms with Crippen LogP contribution in [0.3, 0.4) is 0 Å². The molecule has 1 aromatic rings. The van der Waals surface area contributed by atoms with Crippen LogP contribution in [0.15, 0.2) is 28.7 Å². The lowest BCUT2D eigenvalue weighted by atomic mass is 10.1. The predicted octanol–water partition coefficient (Wildman–Crippen LogP) is 4.16. The molecule has 1 atom stereocenters. The molecule has 1 aromatic carbocycles. The summed E-state index contributed by atoms with van der Waals surface area (Å²) in [5.74, 6) is 0.218. The van der Waals surface area contributed by atoms with Gasteiger partial charge in [0.05, 0.1) is 6.04 Å². The minimum atomic E-state index is 0.123. The van der Waals surface area contributed by atoms with Gasteiger partial charge in [-0.25, -0.2) is 0 Å². The van der Waals surface area contributed by atoms with Crippen molar-refractivity contribution in [1.29, 1.82) is 0 Å². The maximum absolute atomic E-state index is 11.9. The second-order valence-corrected chi connectivity index (χ2v) is 4.99. The normalized spacial score (nSPS) is 12.2. The molecule has 0 spiro atoms. The van der Waals surface area contributed by atoms with Gasteiger partial charge in [-0.05, 0) is 25.0 Å². The van der Waals surface area contributed by atoms with Gasteiger partial charge in [0.1, 0.15) is 0 Å². The smallest absolute Gasteiger partial charge is 0.222 e. The van der Waals surface area contributed by atoms with Crippen molar-refractivity contribution in [1.82, 2.24) is 4.90 Å². The first-order valence-corrected chi connectivity index (χ1v) is 6.95. The standard InChI is InChI=1S/C14H20BrNO/c1-4-10-16(14(17)5-2)11(3)12-8-6-7-9-13(12)15/h6-9,11H,4-5,10H2,1-3H3. The maximum Gasteiger partial charge on any atom is 0.222 e. The lowest BCUT2D eigenvalue weighted by Gasteiger charge is -2.29. The number of nitrogens with zero attached hydrogens (tertiary/aromatic N) is 1. The Labute approximate surface area is 112 Å². The molecule has 0 saturated carbocycles. The van der Waals surface area contributed by atoms with Gasteiger partial charge >= 0.3 is 0 Å². The fraction of sp³-hybridized carbons (Fsp3) is 0.500. The van der Waals surface area contributed by atoms with Crippen LogP contribution in [0.5, 0.6) is 0 Å². The topological polar surface area (TPSA) is 20.3 Å². The molecule has 0 aliphatic carbocycles. The lowest BCUT2D eigenvalue weighted by Crippen LogP contribution is -2.33. The molecule has 0 aromatic heterocycles. The molecule has 0 N–H and O–H groups in total. The van der Waals surface area contributed by atoms with Gasteiger partial charge in [0.25, 0.3) is 0 Å². The quantitative estimate of drug-likeness (QED) is 0.799. The summed E-state index contributed by atoms with van der Waals surface area (Å²) in [6.45, 7) is 6.92. The number of amides is 1. The highest BCUT2D eigenvalue weighted by molar-refractivity contribution is 9.10. The van der Waals surface area contributed by atoms with Crippen molar-refractivity contribution in [2.45, 2.75) is 39.7 Å². The van der Waals surface area contributed by atoms with E-state index in [-0.39, 0.29) is 11.9 Å². The zero-order valence-corrected chi connectivity index (χ0v) is 12.3. The van der Waals surface area contributed by atoms with Gasteiger partial charge in [0.15, 0.2) is 0 Å². The molecule has 3 heteroatoms. The zero-order valence-electron chi connectivity index (χ0n) is 10.7. The summed E-state index contributed by atoms with van der Waals surface area (Å²) in [7, 11) is 0. The summed E-state index contributed by atoms with van der Waals surface area (Å²) in [4.78, 5) is 13.9. The molecular formula is C14H20BrNO. The molecule has 0 aliphatic heterocycles. The number of hydrogen-bond donors (Lipinski definition) is 0. The highest BCUT2D eigenvalue weighted by Gasteiger charge is 2.20. The summed E-state index contributed by atoms with van der Waals surface area (Å²) in [5.41, 5.74) is 1.17. The van der Waals surface area contributed by atoms with Crippen LogP contribution in [0.25, 0.3) is 0 Å². The Bertz CT molecular complexity index is 378. The van der Waals surface area contributed by atoms with Crippen molar-refractivity contribution in [3.05, 3.63) is 34.3 Å². The number of carbonyl (C=O) groups excluding carboxylic acids is 1. The van der Waals surface area contributed by atoms with Crippen molar-refractivity contribution in [2.24, 2.45) is 0 Å². The number of hydrogen-bond acceptors (Lipinski definition) is 1. The van der Waals surface area contributed by atoms with E-state index >= 15 is 0 Å². The average molecular weight is 298 g/mol. The van der Waals surface area contributed by atoms with Crippen LogP contribution in [0.1, 0.15) is 45.2 Å². The molecule has 0 aliphatic rings. The summed E-state index contributed by atoms with van der Waals surface area (Å²) in [6.07, 6.45) is 1.55. The highest BCUT2D eigenvalue weighted by atomic mass is 79.9. The Kier molecular flexibility index (Phi) is 5.69. The van der Waals surface area contributed by atoms with E-state index in [1.165, 1.54) is 5.56 Å². The minimum Gasteiger partial charge on any atom is -0.336 e. The van der Waals surface area contributed by atoms with Gasteiger partial charge in [-0.2, -0.15) is 0 Å². The van der Waals surface area contributed by atoms with Crippen LogP contribution < -0.4 is 0 Å². The molecule has 0 radical (unpaired) electrons. The van der Waals surface area contributed by atoms with Gasteiger partial charge < -0.3 is 4.90 Å². The first kappa shape index (κ1) is 14.2. The number of benzene rings is 1. The molecule has 0 heterocycles. The number of rotatable bonds is 5. The summed E-state index contributed by atoms with van der Waals surface area (Å²) in [5, 5.41) is 0. The van der Waals surface area contributed by atoms with Crippen LogP contribution in [-0.2, 0) is 4.79 Å². The predicted molar refractivity (Wildman–Crippen MR) is 74.9 cm³/mol. The van der Waals surface area contributed by atoms with E-state index in [1.807, 2.05) is 30.0 Å². The third kappa shape index (κ3) is 3.56. The van der Waals surface area contributed by atoms with E-state index in [1.54, 1.807) is 0 Å². The van der Waals surface area contributed by atoms with Crippen LogP contribution in [-0.4, -0.2) is 17.4 Å². The summed E-state index contributed by atoms with van der Waals surface area (Å²) in [6, 6.07) is 8.22. The average Bonchev–Trinajstić information content (AvgIpc) is 2.35. The number of halogens is 1. The molecule has 0 bridgehead atoms.